The number of benzene rings is 1. The molecule has 0 bridgehead atoms. The lowest BCUT2D eigenvalue weighted by atomic mass is 9.98. The first-order valence-electron chi connectivity index (χ1n) is 8.59. The van der Waals surface area contributed by atoms with Crippen LogP contribution in [0.1, 0.15) is 37.5 Å². The van der Waals surface area contributed by atoms with Gasteiger partial charge in [-0.25, -0.2) is 4.79 Å². The Balaban J connectivity index is 1.75. The molecule has 0 unspecified atom stereocenters. The Labute approximate surface area is 162 Å². The summed E-state index contributed by atoms with van der Waals surface area (Å²) < 4.78 is 5.52. The molecule has 0 radical (unpaired) electrons. The van der Waals surface area contributed by atoms with E-state index >= 15 is 0 Å². The molecule has 1 aliphatic heterocycles. The Morgan fingerprint density at radius 2 is 2.12 bits per heavy atom. The van der Waals surface area contributed by atoms with Crippen molar-refractivity contribution in [1.82, 2.24) is 20.3 Å². The quantitative estimate of drug-likeness (QED) is 0.794. The highest BCUT2D eigenvalue weighted by Gasteiger charge is 2.25. The number of thioether (sulfide) groups is 1. The zero-order valence-corrected chi connectivity index (χ0v) is 16.8. The molecule has 1 aromatic carbocycles. The number of H-pyrrole nitrogens is 1. The molecule has 2 heterocycles. The molecule has 26 heavy (non-hydrogen) atoms. The van der Waals surface area contributed by atoms with Gasteiger partial charge in [0, 0.05) is 23.9 Å². The first-order valence-corrected chi connectivity index (χ1v) is 9.95. The molecule has 0 saturated heterocycles. The summed E-state index contributed by atoms with van der Waals surface area (Å²) in [4.78, 5) is 14.2. The summed E-state index contributed by atoms with van der Waals surface area (Å²) in [5.74, 6) is 0.723. The fourth-order valence-electron chi connectivity index (χ4n) is 2.94. The van der Waals surface area contributed by atoms with Crippen molar-refractivity contribution in [2.24, 2.45) is 0 Å². The molecule has 0 atom stereocenters. The molecule has 0 aliphatic carbocycles. The molecule has 1 N–H and O–H groups in total. The first-order chi connectivity index (χ1) is 12.3. The minimum absolute atomic E-state index is 0.255. The highest BCUT2D eigenvalue weighted by atomic mass is 35.5. The van der Waals surface area contributed by atoms with Crippen molar-refractivity contribution >= 4 is 29.5 Å². The standard InChI is InChI=1S/C18H23ClN4O2S/c1-18(2,3)25-17(24)23-8-6-12-4-5-15(19)14(13(12)7-9-23)11-26-16-10-20-22-21-16/h4-5,10H,6-9,11H2,1-3H3,(H,20,21,22). The van der Waals surface area contributed by atoms with Crippen molar-refractivity contribution in [2.45, 2.75) is 50.0 Å². The van der Waals surface area contributed by atoms with E-state index in [1.165, 1.54) is 11.1 Å². The van der Waals surface area contributed by atoms with E-state index in [9.17, 15) is 4.79 Å². The summed E-state index contributed by atoms with van der Waals surface area (Å²) in [7, 11) is 0. The Hall–Kier alpha value is -1.73. The molecule has 0 fully saturated rings. The summed E-state index contributed by atoms with van der Waals surface area (Å²) >= 11 is 8.07. The van der Waals surface area contributed by atoms with Gasteiger partial charge in [0.25, 0.3) is 0 Å². The molecule has 3 rings (SSSR count). The van der Waals surface area contributed by atoms with E-state index in [2.05, 4.69) is 21.5 Å². The number of nitrogens with one attached hydrogen (secondary N) is 1. The fourth-order valence-corrected chi connectivity index (χ4v) is 4.12. The summed E-state index contributed by atoms with van der Waals surface area (Å²) in [5, 5.41) is 12.1. The van der Waals surface area contributed by atoms with E-state index in [1.807, 2.05) is 26.8 Å². The van der Waals surface area contributed by atoms with Gasteiger partial charge in [-0.15, -0.1) is 5.10 Å². The predicted molar refractivity (Wildman–Crippen MR) is 103 cm³/mol. The molecule has 2 aromatic rings. The third-order valence-corrected chi connectivity index (χ3v) is 5.44. The van der Waals surface area contributed by atoms with E-state index in [0.717, 1.165) is 34.2 Å². The van der Waals surface area contributed by atoms with Crippen LogP contribution in [0.25, 0.3) is 0 Å². The van der Waals surface area contributed by atoms with Crippen molar-refractivity contribution in [2.75, 3.05) is 13.1 Å². The molecule has 1 aliphatic rings. The number of ether oxygens (including phenoxy) is 1. The summed E-state index contributed by atoms with van der Waals surface area (Å²) in [5.41, 5.74) is 3.11. The van der Waals surface area contributed by atoms with Crippen molar-refractivity contribution in [3.8, 4) is 0 Å². The average molecular weight is 395 g/mol. The van der Waals surface area contributed by atoms with E-state index < -0.39 is 5.60 Å². The van der Waals surface area contributed by atoms with Gasteiger partial charge in [-0.2, -0.15) is 10.3 Å². The third kappa shape index (κ3) is 4.71. The van der Waals surface area contributed by atoms with E-state index in [0.29, 0.717) is 13.1 Å². The van der Waals surface area contributed by atoms with Crippen LogP contribution in [0.4, 0.5) is 4.79 Å². The van der Waals surface area contributed by atoms with Gasteiger partial charge in [0.05, 0.1) is 6.20 Å². The van der Waals surface area contributed by atoms with Gasteiger partial charge in [0.15, 0.2) is 0 Å². The van der Waals surface area contributed by atoms with E-state index in [1.54, 1.807) is 22.9 Å². The lowest BCUT2D eigenvalue weighted by Crippen LogP contribution is -2.38. The van der Waals surface area contributed by atoms with Gasteiger partial charge in [0.1, 0.15) is 10.6 Å². The number of rotatable bonds is 3. The van der Waals surface area contributed by atoms with Crippen molar-refractivity contribution in [1.29, 1.82) is 0 Å². The van der Waals surface area contributed by atoms with Crippen LogP contribution in [-0.4, -0.2) is 45.1 Å². The average Bonchev–Trinajstić information content (AvgIpc) is 2.97. The van der Waals surface area contributed by atoms with Crippen molar-refractivity contribution in [3.63, 3.8) is 0 Å². The fraction of sp³-hybridized carbons (Fsp3) is 0.500. The number of amides is 1. The van der Waals surface area contributed by atoms with Crippen LogP contribution in [-0.2, 0) is 23.3 Å². The molecule has 1 aromatic heterocycles. The molecule has 1 amide bonds. The van der Waals surface area contributed by atoms with Gasteiger partial charge in [0.2, 0.25) is 0 Å². The van der Waals surface area contributed by atoms with Crippen LogP contribution in [0.2, 0.25) is 5.02 Å². The molecule has 0 spiro atoms. The Morgan fingerprint density at radius 1 is 1.35 bits per heavy atom. The second kappa shape index (κ2) is 7.88. The van der Waals surface area contributed by atoms with E-state index in [-0.39, 0.29) is 6.09 Å². The molecular formula is C18H23ClN4O2S. The second-order valence-corrected chi connectivity index (χ2v) is 8.63. The number of nitrogens with zero attached hydrogens (tertiary/aromatic N) is 3. The van der Waals surface area contributed by atoms with Crippen LogP contribution in [0.15, 0.2) is 23.4 Å². The molecule has 8 heteroatoms. The largest absolute Gasteiger partial charge is 0.444 e. The Kier molecular flexibility index (Phi) is 5.77. The van der Waals surface area contributed by atoms with Gasteiger partial charge in [-0.3, -0.25) is 0 Å². The number of hydrogen-bond acceptors (Lipinski definition) is 5. The zero-order valence-electron chi connectivity index (χ0n) is 15.2. The van der Waals surface area contributed by atoms with Crippen LogP contribution in [0, 0.1) is 0 Å². The molecule has 140 valence electrons. The molecular weight excluding hydrogens is 372 g/mol. The Bertz CT molecular complexity index is 774. The van der Waals surface area contributed by atoms with Gasteiger partial charge >= 0.3 is 6.09 Å². The highest BCUT2D eigenvalue weighted by Crippen LogP contribution is 2.32. The maximum absolute atomic E-state index is 12.4. The van der Waals surface area contributed by atoms with Crippen LogP contribution in [0.5, 0.6) is 0 Å². The van der Waals surface area contributed by atoms with Crippen LogP contribution < -0.4 is 0 Å². The van der Waals surface area contributed by atoms with Crippen molar-refractivity contribution < 1.29 is 9.53 Å². The number of aromatic amines is 1. The zero-order chi connectivity index (χ0) is 18.7. The van der Waals surface area contributed by atoms with Gasteiger partial charge in [-0.1, -0.05) is 29.4 Å². The number of aromatic nitrogens is 3. The third-order valence-electron chi connectivity index (χ3n) is 4.16. The smallest absolute Gasteiger partial charge is 0.410 e. The minimum Gasteiger partial charge on any atom is -0.444 e. The number of carbonyl (C=O) groups excluding carboxylic acids is 1. The number of carbonyl (C=O) groups is 1. The van der Waals surface area contributed by atoms with E-state index in [4.69, 9.17) is 16.3 Å². The minimum atomic E-state index is -0.487. The summed E-state index contributed by atoms with van der Waals surface area (Å²) in [6, 6.07) is 4.02. The van der Waals surface area contributed by atoms with Crippen LogP contribution in [0.3, 0.4) is 0 Å². The summed E-state index contributed by atoms with van der Waals surface area (Å²) in [6.07, 6.45) is 3.01. The predicted octanol–water partition coefficient (Wildman–Crippen LogP) is 4.09. The van der Waals surface area contributed by atoms with Crippen molar-refractivity contribution in [3.05, 3.63) is 40.0 Å². The normalized spacial score (nSPS) is 14.7. The number of halogens is 1. The number of fused-ring (bicyclic) bond motifs is 1. The topological polar surface area (TPSA) is 71.1 Å². The monoisotopic (exact) mass is 394 g/mol. The highest BCUT2D eigenvalue weighted by molar-refractivity contribution is 7.98. The molecule has 6 nitrogen and oxygen atoms in total. The maximum Gasteiger partial charge on any atom is 0.410 e. The SMILES string of the molecule is CC(C)(C)OC(=O)N1CCc2ccc(Cl)c(CSc3cn[nH]n3)c2CC1. The van der Waals surface area contributed by atoms with Gasteiger partial charge in [-0.05, 0) is 56.4 Å². The first kappa shape index (κ1) is 19.0. The lowest BCUT2D eigenvalue weighted by Gasteiger charge is -2.26. The summed E-state index contributed by atoms with van der Waals surface area (Å²) in [6.45, 7) is 6.94. The van der Waals surface area contributed by atoms with Crippen LogP contribution >= 0.6 is 23.4 Å². The number of hydrogen-bond donors (Lipinski definition) is 1. The maximum atomic E-state index is 12.4. The van der Waals surface area contributed by atoms with Gasteiger partial charge < -0.3 is 9.64 Å². The lowest BCUT2D eigenvalue weighted by molar-refractivity contribution is 0.0258. The second-order valence-electron chi connectivity index (χ2n) is 7.23. The Morgan fingerprint density at radius 3 is 2.81 bits per heavy atom. The molecule has 0 saturated carbocycles.